The number of aromatic nitrogens is 1. The Hall–Kier alpha value is -1.09. The first-order valence-corrected chi connectivity index (χ1v) is 8.22. The molecule has 1 aromatic carbocycles. The first-order chi connectivity index (χ1) is 9.29. The molecule has 1 N–H and O–H groups in total. The highest BCUT2D eigenvalue weighted by atomic mass is 32.1. The number of aryl methyl sites for hydroxylation is 1. The minimum Gasteiger partial charge on any atom is -0.385 e. The lowest BCUT2D eigenvalue weighted by Crippen LogP contribution is -2.00. The summed E-state index contributed by atoms with van der Waals surface area (Å²) in [7, 11) is 0. The summed E-state index contributed by atoms with van der Waals surface area (Å²) in [6.45, 7) is 5.41. The van der Waals surface area contributed by atoms with E-state index >= 15 is 0 Å². The SMILES string of the molecule is CCCCCCCCNc1ccc2nc(C)sc2c1. The van der Waals surface area contributed by atoms with Crippen LogP contribution in [0.2, 0.25) is 0 Å². The molecule has 0 atom stereocenters. The third-order valence-electron chi connectivity index (χ3n) is 3.35. The van der Waals surface area contributed by atoms with Gasteiger partial charge >= 0.3 is 0 Å². The minimum absolute atomic E-state index is 1.08. The molecular formula is C16H24N2S. The van der Waals surface area contributed by atoms with Crippen molar-refractivity contribution in [2.24, 2.45) is 0 Å². The summed E-state index contributed by atoms with van der Waals surface area (Å²) in [5, 5.41) is 4.66. The lowest BCUT2D eigenvalue weighted by molar-refractivity contribution is 0.617. The van der Waals surface area contributed by atoms with Crippen molar-refractivity contribution < 1.29 is 0 Å². The molecule has 0 aliphatic rings. The molecule has 2 aromatic rings. The molecule has 104 valence electrons. The van der Waals surface area contributed by atoms with E-state index in [0.717, 1.165) is 17.1 Å². The van der Waals surface area contributed by atoms with Gasteiger partial charge in [0.1, 0.15) is 0 Å². The van der Waals surface area contributed by atoms with Gasteiger partial charge in [-0.05, 0) is 31.5 Å². The van der Waals surface area contributed by atoms with Crippen LogP contribution in [-0.2, 0) is 0 Å². The van der Waals surface area contributed by atoms with E-state index in [1.807, 2.05) is 0 Å². The van der Waals surface area contributed by atoms with Gasteiger partial charge in [-0.3, -0.25) is 0 Å². The Morgan fingerprint density at radius 1 is 1.11 bits per heavy atom. The average Bonchev–Trinajstić information content (AvgIpc) is 2.77. The lowest BCUT2D eigenvalue weighted by atomic mass is 10.1. The van der Waals surface area contributed by atoms with Crippen molar-refractivity contribution in [2.45, 2.75) is 52.4 Å². The Labute approximate surface area is 120 Å². The number of nitrogens with one attached hydrogen (secondary N) is 1. The molecule has 1 heterocycles. The normalized spacial score (nSPS) is 11.1. The van der Waals surface area contributed by atoms with Gasteiger partial charge in [0.2, 0.25) is 0 Å². The van der Waals surface area contributed by atoms with Crippen molar-refractivity contribution >= 4 is 27.2 Å². The quantitative estimate of drug-likeness (QED) is 0.655. The second-order valence-corrected chi connectivity index (χ2v) is 6.34. The number of nitrogens with zero attached hydrogens (tertiary/aromatic N) is 1. The summed E-state index contributed by atoms with van der Waals surface area (Å²) in [5.41, 5.74) is 2.34. The van der Waals surface area contributed by atoms with Gasteiger partial charge in [-0.15, -0.1) is 11.3 Å². The Morgan fingerprint density at radius 3 is 2.74 bits per heavy atom. The third kappa shape index (κ3) is 4.50. The number of fused-ring (bicyclic) bond motifs is 1. The maximum absolute atomic E-state index is 4.48. The lowest BCUT2D eigenvalue weighted by Gasteiger charge is -2.06. The van der Waals surface area contributed by atoms with Gasteiger partial charge < -0.3 is 5.32 Å². The predicted molar refractivity (Wildman–Crippen MR) is 86.2 cm³/mol. The van der Waals surface area contributed by atoms with Crippen LogP contribution < -0.4 is 5.32 Å². The molecule has 2 rings (SSSR count). The Morgan fingerprint density at radius 2 is 1.89 bits per heavy atom. The summed E-state index contributed by atoms with van der Waals surface area (Å²) in [6.07, 6.45) is 8.09. The predicted octanol–water partition coefficient (Wildman–Crippen LogP) is 5.38. The number of rotatable bonds is 8. The van der Waals surface area contributed by atoms with Crippen molar-refractivity contribution in [1.29, 1.82) is 0 Å². The molecule has 1 aromatic heterocycles. The maximum Gasteiger partial charge on any atom is 0.0907 e. The Bertz CT molecular complexity index is 504. The Balaban J connectivity index is 1.72. The van der Waals surface area contributed by atoms with Gasteiger partial charge in [0.05, 0.1) is 15.2 Å². The van der Waals surface area contributed by atoms with Crippen LogP contribution in [0.3, 0.4) is 0 Å². The number of hydrogen-bond acceptors (Lipinski definition) is 3. The van der Waals surface area contributed by atoms with Crippen LogP contribution in [0.5, 0.6) is 0 Å². The van der Waals surface area contributed by atoms with Crippen molar-refractivity contribution in [3.63, 3.8) is 0 Å². The summed E-state index contributed by atoms with van der Waals surface area (Å²) in [5.74, 6) is 0. The average molecular weight is 276 g/mol. The molecule has 0 aliphatic heterocycles. The highest BCUT2D eigenvalue weighted by molar-refractivity contribution is 7.18. The molecule has 19 heavy (non-hydrogen) atoms. The minimum atomic E-state index is 1.08. The van der Waals surface area contributed by atoms with Crippen molar-refractivity contribution in [1.82, 2.24) is 4.98 Å². The van der Waals surface area contributed by atoms with Gasteiger partial charge in [0.25, 0.3) is 0 Å². The fraction of sp³-hybridized carbons (Fsp3) is 0.562. The molecule has 0 bridgehead atoms. The van der Waals surface area contributed by atoms with E-state index in [9.17, 15) is 0 Å². The van der Waals surface area contributed by atoms with Gasteiger partial charge in [-0.1, -0.05) is 39.0 Å². The highest BCUT2D eigenvalue weighted by Gasteiger charge is 2.01. The topological polar surface area (TPSA) is 24.9 Å². The van der Waals surface area contributed by atoms with Crippen LogP contribution in [0.25, 0.3) is 10.2 Å². The van der Waals surface area contributed by atoms with Crippen LogP contribution >= 0.6 is 11.3 Å². The zero-order valence-electron chi connectivity index (χ0n) is 12.0. The molecule has 0 radical (unpaired) electrons. The molecule has 0 saturated heterocycles. The summed E-state index contributed by atoms with van der Waals surface area (Å²) in [4.78, 5) is 4.48. The maximum atomic E-state index is 4.48. The largest absolute Gasteiger partial charge is 0.385 e. The van der Waals surface area contributed by atoms with Crippen molar-refractivity contribution in [3.8, 4) is 0 Å². The number of thiazole rings is 1. The molecule has 0 amide bonds. The van der Waals surface area contributed by atoms with Gasteiger partial charge in [0, 0.05) is 12.2 Å². The summed E-state index contributed by atoms with van der Waals surface area (Å²) < 4.78 is 1.28. The van der Waals surface area contributed by atoms with Gasteiger partial charge in [-0.2, -0.15) is 0 Å². The standard InChI is InChI=1S/C16H24N2S/c1-3-4-5-6-7-8-11-17-14-9-10-15-16(12-14)19-13(2)18-15/h9-10,12,17H,3-8,11H2,1-2H3. The van der Waals surface area contributed by atoms with E-state index in [2.05, 4.69) is 42.3 Å². The third-order valence-corrected chi connectivity index (χ3v) is 4.29. The number of hydrogen-bond donors (Lipinski definition) is 1. The van der Waals surface area contributed by atoms with Crippen LogP contribution in [-0.4, -0.2) is 11.5 Å². The van der Waals surface area contributed by atoms with E-state index in [-0.39, 0.29) is 0 Å². The second kappa shape index (κ2) is 7.49. The number of anilines is 1. The second-order valence-electron chi connectivity index (χ2n) is 5.11. The van der Waals surface area contributed by atoms with Crippen molar-refractivity contribution in [3.05, 3.63) is 23.2 Å². The summed E-state index contributed by atoms with van der Waals surface area (Å²) in [6, 6.07) is 6.47. The summed E-state index contributed by atoms with van der Waals surface area (Å²) >= 11 is 1.77. The zero-order valence-corrected chi connectivity index (χ0v) is 12.9. The van der Waals surface area contributed by atoms with Crippen LogP contribution in [0.15, 0.2) is 18.2 Å². The molecule has 3 heteroatoms. The Kier molecular flexibility index (Phi) is 5.64. The highest BCUT2D eigenvalue weighted by Crippen LogP contribution is 2.24. The smallest absolute Gasteiger partial charge is 0.0907 e. The number of unbranched alkanes of at least 4 members (excludes halogenated alkanes) is 5. The van der Waals surface area contributed by atoms with E-state index in [4.69, 9.17) is 0 Å². The molecule has 0 saturated carbocycles. The first-order valence-electron chi connectivity index (χ1n) is 7.40. The van der Waals surface area contributed by atoms with E-state index in [0.29, 0.717) is 0 Å². The zero-order chi connectivity index (χ0) is 13.5. The van der Waals surface area contributed by atoms with Crippen molar-refractivity contribution in [2.75, 3.05) is 11.9 Å². The van der Waals surface area contributed by atoms with Crippen LogP contribution in [0.1, 0.15) is 50.5 Å². The molecule has 0 fully saturated rings. The molecule has 0 unspecified atom stereocenters. The fourth-order valence-electron chi connectivity index (χ4n) is 2.29. The van der Waals surface area contributed by atoms with E-state index < -0.39 is 0 Å². The molecule has 0 spiro atoms. The van der Waals surface area contributed by atoms with Gasteiger partial charge in [0.15, 0.2) is 0 Å². The van der Waals surface area contributed by atoms with Crippen LogP contribution in [0.4, 0.5) is 5.69 Å². The van der Waals surface area contributed by atoms with Crippen LogP contribution in [0, 0.1) is 6.92 Å². The van der Waals surface area contributed by atoms with E-state index in [1.165, 1.54) is 48.9 Å². The fourth-order valence-corrected chi connectivity index (χ4v) is 3.15. The molecule has 2 nitrogen and oxygen atoms in total. The number of benzene rings is 1. The monoisotopic (exact) mass is 276 g/mol. The van der Waals surface area contributed by atoms with Gasteiger partial charge in [-0.25, -0.2) is 4.98 Å². The van der Waals surface area contributed by atoms with E-state index in [1.54, 1.807) is 11.3 Å². The first kappa shape index (κ1) is 14.3. The molecule has 0 aliphatic carbocycles. The molecular weight excluding hydrogens is 252 g/mol.